The average molecular weight is 367 g/mol. The van der Waals surface area contributed by atoms with Crippen LogP contribution >= 0.6 is 0 Å². The maximum absolute atomic E-state index is 12.4. The number of rotatable bonds is 8. The zero-order valence-corrected chi connectivity index (χ0v) is 15.1. The van der Waals surface area contributed by atoms with E-state index in [9.17, 15) is 9.59 Å². The molecule has 2 aromatic rings. The Hall–Kier alpha value is -3.37. The Labute approximate surface area is 158 Å². The van der Waals surface area contributed by atoms with Crippen LogP contribution in [0.1, 0.15) is 23.6 Å². The number of amides is 2. The molecule has 7 heteroatoms. The maximum Gasteiger partial charge on any atom is 0.342 e. The molecule has 0 bridgehead atoms. The highest BCUT2D eigenvalue weighted by Crippen LogP contribution is 2.10. The van der Waals surface area contributed by atoms with Gasteiger partial charge in [0.05, 0.1) is 24.8 Å². The van der Waals surface area contributed by atoms with Gasteiger partial charge >= 0.3 is 12.0 Å². The van der Waals surface area contributed by atoms with Gasteiger partial charge in [-0.1, -0.05) is 42.5 Å². The van der Waals surface area contributed by atoms with Crippen molar-refractivity contribution in [3.8, 4) is 6.07 Å². The maximum atomic E-state index is 12.4. The summed E-state index contributed by atoms with van der Waals surface area (Å²) in [5.74, 6) is -0.521. The Morgan fingerprint density at radius 3 is 2.41 bits per heavy atom. The molecule has 0 saturated heterocycles. The van der Waals surface area contributed by atoms with Crippen molar-refractivity contribution in [1.29, 1.82) is 5.26 Å². The summed E-state index contributed by atoms with van der Waals surface area (Å²) in [6.45, 7) is 2.05. The number of carbonyl (C=O) groups is 2. The van der Waals surface area contributed by atoms with Crippen LogP contribution in [0, 0.1) is 11.3 Å². The van der Waals surface area contributed by atoms with E-state index < -0.39 is 12.0 Å². The first-order valence-corrected chi connectivity index (χ1v) is 8.49. The fourth-order valence-corrected chi connectivity index (χ4v) is 2.20. The number of ether oxygens (including phenoxy) is 1. The molecule has 27 heavy (non-hydrogen) atoms. The lowest BCUT2D eigenvalue weighted by Gasteiger charge is -2.22. The minimum atomic E-state index is -0.552. The number of hydrogen-bond donors (Lipinski definition) is 1. The second-order valence-electron chi connectivity index (χ2n) is 5.57. The number of nitrogens with one attached hydrogen (secondary N) is 1. The van der Waals surface area contributed by atoms with Crippen LogP contribution in [0.3, 0.4) is 0 Å². The quantitative estimate of drug-likeness (QED) is 0.572. The molecule has 140 valence electrons. The highest BCUT2D eigenvalue weighted by Gasteiger charge is 2.17. The summed E-state index contributed by atoms with van der Waals surface area (Å²) in [4.78, 5) is 29.5. The molecule has 0 aliphatic carbocycles. The van der Waals surface area contributed by atoms with Gasteiger partial charge in [0, 0.05) is 0 Å². The van der Waals surface area contributed by atoms with Crippen LogP contribution in [0.5, 0.6) is 0 Å². The summed E-state index contributed by atoms with van der Waals surface area (Å²) in [6.07, 6.45) is 0. The third-order valence-corrected chi connectivity index (χ3v) is 3.55. The molecule has 7 nitrogen and oxygen atoms in total. The van der Waals surface area contributed by atoms with Crippen LogP contribution in [0.4, 0.5) is 4.79 Å². The Balaban J connectivity index is 2.03. The van der Waals surface area contributed by atoms with Crippen LogP contribution in [-0.4, -0.2) is 30.2 Å². The Kier molecular flexibility index (Phi) is 7.82. The number of benzene rings is 2. The molecule has 0 aromatic heterocycles. The summed E-state index contributed by atoms with van der Waals surface area (Å²) in [5, 5.41) is 12.5. The molecule has 0 aliphatic heterocycles. The van der Waals surface area contributed by atoms with Crippen molar-refractivity contribution >= 4 is 12.0 Å². The van der Waals surface area contributed by atoms with Crippen molar-refractivity contribution in [2.24, 2.45) is 0 Å². The Morgan fingerprint density at radius 2 is 1.78 bits per heavy atom. The number of nitriles is 1. The number of nitrogens with zero attached hydrogens (tertiary/aromatic N) is 2. The van der Waals surface area contributed by atoms with E-state index in [4.69, 9.17) is 14.8 Å². The SMILES string of the molecule is CCOC(=O)CNC(=O)N(Cc1ccc(C#N)cc1)OCc1ccccc1. The number of esters is 1. The molecule has 0 unspecified atom stereocenters. The van der Waals surface area contributed by atoms with Gasteiger partial charge in [0.15, 0.2) is 0 Å². The van der Waals surface area contributed by atoms with E-state index in [2.05, 4.69) is 5.32 Å². The smallest absolute Gasteiger partial charge is 0.342 e. The number of hydroxylamine groups is 2. The second-order valence-corrected chi connectivity index (χ2v) is 5.57. The third kappa shape index (κ3) is 6.80. The van der Waals surface area contributed by atoms with Crippen molar-refractivity contribution < 1.29 is 19.2 Å². The van der Waals surface area contributed by atoms with Crippen molar-refractivity contribution in [3.05, 3.63) is 71.3 Å². The fraction of sp³-hybridized carbons (Fsp3) is 0.250. The van der Waals surface area contributed by atoms with Crippen LogP contribution in [-0.2, 0) is 27.5 Å². The normalized spacial score (nSPS) is 9.93. The van der Waals surface area contributed by atoms with Crippen molar-refractivity contribution in [3.63, 3.8) is 0 Å². The molecule has 0 spiro atoms. The van der Waals surface area contributed by atoms with Crippen molar-refractivity contribution in [1.82, 2.24) is 10.4 Å². The number of carbonyl (C=O) groups excluding carboxylic acids is 2. The first kappa shape index (κ1) is 19.9. The monoisotopic (exact) mass is 367 g/mol. The molecule has 0 atom stereocenters. The zero-order chi connectivity index (χ0) is 19.5. The van der Waals surface area contributed by atoms with Crippen LogP contribution in [0.15, 0.2) is 54.6 Å². The molecule has 0 heterocycles. The highest BCUT2D eigenvalue weighted by atomic mass is 16.7. The molecular weight excluding hydrogens is 346 g/mol. The molecule has 0 saturated carbocycles. The van der Waals surface area contributed by atoms with E-state index in [1.807, 2.05) is 36.4 Å². The minimum Gasteiger partial charge on any atom is -0.465 e. The summed E-state index contributed by atoms with van der Waals surface area (Å²) in [5.41, 5.74) is 2.22. The Morgan fingerprint density at radius 1 is 1.07 bits per heavy atom. The Bertz CT molecular complexity index is 785. The van der Waals surface area contributed by atoms with Gasteiger partial charge in [-0.3, -0.25) is 9.63 Å². The minimum absolute atomic E-state index is 0.160. The highest BCUT2D eigenvalue weighted by molar-refractivity contribution is 5.80. The van der Waals surface area contributed by atoms with E-state index in [1.165, 1.54) is 0 Å². The van der Waals surface area contributed by atoms with Gasteiger partial charge in [-0.2, -0.15) is 10.3 Å². The topological polar surface area (TPSA) is 91.7 Å². The average Bonchev–Trinajstić information content (AvgIpc) is 2.70. The summed E-state index contributed by atoms with van der Waals surface area (Å²) < 4.78 is 4.80. The lowest BCUT2D eigenvalue weighted by Crippen LogP contribution is -2.42. The van der Waals surface area contributed by atoms with Gasteiger partial charge in [0.2, 0.25) is 0 Å². The largest absolute Gasteiger partial charge is 0.465 e. The van der Waals surface area contributed by atoms with E-state index in [0.29, 0.717) is 5.56 Å². The fourth-order valence-electron chi connectivity index (χ4n) is 2.20. The molecule has 0 fully saturated rings. The van der Waals surface area contributed by atoms with Crippen LogP contribution in [0.25, 0.3) is 0 Å². The van der Waals surface area contributed by atoms with E-state index in [0.717, 1.165) is 16.2 Å². The number of hydrogen-bond acceptors (Lipinski definition) is 5. The van der Waals surface area contributed by atoms with Gasteiger partial charge in [-0.25, -0.2) is 4.79 Å². The van der Waals surface area contributed by atoms with Crippen molar-refractivity contribution in [2.75, 3.05) is 13.2 Å². The summed E-state index contributed by atoms with van der Waals surface area (Å²) in [6, 6.07) is 17.7. The predicted molar refractivity (Wildman–Crippen MR) is 98.0 cm³/mol. The zero-order valence-electron chi connectivity index (χ0n) is 15.1. The first-order chi connectivity index (χ1) is 13.1. The molecule has 1 N–H and O–H groups in total. The second kappa shape index (κ2) is 10.6. The van der Waals surface area contributed by atoms with Crippen LogP contribution in [0.2, 0.25) is 0 Å². The van der Waals surface area contributed by atoms with E-state index >= 15 is 0 Å². The van der Waals surface area contributed by atoms with E-state index in [1.54, 1.807) is 31.2 Å². The van der Waals surface area contributed by atoms with Gasteiger partial charge in [0.25, 0.3) is 0 Å². The standard InChI is InChI=1S/C20H21N3O4/c1-2-26-19(24)13-22-20(25)23(27-15-18-6-4-3-5-7-18)14-17-10-8-16(12-21)9-11-17/h3-11H,2,13-15H2,1H3,(H,22,25). The van der Waals surface area contributed by atoms with Crippen molar-refractivity contribution in [2.45, 2.75) is 20.1 Å². The van der Waals surface area contributed by atoms with E-state index in [-0.39, 0.29) is 26.3 Å². The number of urea groups is 1. The van der Waals surface area contributed by atoms with Crippen LogP contribution < -0.4 is 5.32 Å². The molecule has 2 rings (SSSR count). The molecular formula is C20H21N3O4. The lowest BCUT2D eigenvalue weighted by atomic mass is 10.1. The van der Waals surface area contributed by atoms with Gasteiger partial charge in [-0.05, 0) is 30.2 Å². The third-order valence-electron chi connectivity index (χ3n) is 3.55. The molecule has 0 radical (unpaired) electrons. The summed E-state index contributed by atoms with van der Waals surface area (Å²) >= 11 is 0. The predicted octanol–water partition coefficient (Wildman–Crippen LogP) is 2.76. The van der Waals surface area contributed by atoms with Gasteiger partial charge < -0.3 is 10.1 Å². The summed E-state index contributed by atoms with van der Waals surface area (Å²) in [7, 11) is 0. The first-order valence-electron chi connectivity index (χ1n) is 8.49. The molecule has 2 aromatic carbocycles. The molecule has 0 aliphatic rings. The molecule has 2 amide bonds. The van der Waals surface area contributed by atoms with Gasteiger partial charge in [-0.15, -0.1) is 0 Å². The lowest BCUT2D eigenvalue weighted by molar-refractivity contribution is -0.144. The van der Waals surface area contributed by atoms with Gasteiger partial charge in [0.1, 0.15) is 13.2 Å².